The van der Waals surface area contributed by atoms with Gasteiger partial charge in [-0.2, -0.15) is 0 Å². The van der Waals surface area contributed by atoms with Gasteiger partial charge in [-0.15, -0.1) is 0 Å². The molecule has 2 N–H and O–H groups in total. The Bertz CT molecular complexity index is 562. The Hall–Kier alpha value is -1.67. The Morgan fingerprint density at radius 2 is 1.72 bits per heavy atom. The van der Waals surface area contributed by atoms with Crippen LogP contribution in [0.4, 0.5) is 4.39 Å². The van der Waals surface area contributed by atoms with Crippen LogP contribution in [0.3, 0.4) is 0 Å². The zero-order chi connectivity index (χ0) is 12.6. The lowest BCUT2D eigenvalue weighted by Crippen LogP contribution is -2.41. The van der Waals surface area contributed by atoms with Crippen molar-refractivity contribution < 1.29 is 4.39 Å². The molecule has 0 radical (unpaired) electrons. The molecule has 1 aliphatic carbocycles. The van der Waals surface area contributed by atoms with Crippen molar-refractivity contribution in [3.05, 3.63) is 71.0 Å². The number of hydrogen-bond acceptors (Lipinski definition) is 1. The van der Waals surface area contributed by atoms with Crippen LogP contribution in [0.2, 0.25) is 0 Å². The number of benzene rings is 2. The summed E-state index contributed by atoms with van der Waals surface area (Å²) >= 11 is 0. The zero-order valence-electron chi connectivity index (χ0n) is 10.2. The van der Waals surface area contributed by atoms with E-state index in [4.69, 9.17) is 5.73 Å². The second-order valence-electron chi connectivity index (χ2n) is 4.99. The van der Waals surface area contributed by atoms with Gasteiger partial charge in [-0.1, -0.05) is 36.4 Å². The number of fused-ring (bicyclic) bond motifs is 1. The Labute approximate surface area is 106 Å². The first kappa shape index (κ1) is 11.4. The van der Waals surface area contributed by atoms with Crippen LogP contribution in [0.5, 0.6) is 0 Å². The normalized spacial score (nSPS) is 22.6. The van der Waals surface area contributed by atoms with E-state index in [-0.39, 0.29) is 5.82 Å². The Morgan fingerprint density at radius 3 is 2.50 bits per heavy atom. The lowest BCUT2D eigenvalue weighted by molar-refractivity contribution is 0.442. The number of halogens is 1. The largest absolute Gasteiger partial charge is 0.318 e. The predicted octanol–water partition coefficient (Wildman–Crippen LogP) is 3.36. The van der Waals surface area contributed by atoms with E-state index in [2.05, 4.69) is 18.2 Å². The molecule has 1 nitrogen and oxygen atoms in total. The fourth-order valence-electron chi connectivity index (χ4n) is 2.91. The van der Waals surface area contributed by atoms with E-state index in [0.29, 0.717) is 0 Å². The second-order valence-corrected chi connectivity index (χ2v) is 4.99. The third-order valence-corrected chi connectivity index (χ3v) is 3.87. The molecule has 3 rings (SSSR count). The van der Waals surface area contributed by atoms with E-state index >= 15 is 0 Å². The summed E-state index contributed by atoms with van der Waals surface area (Å²) in [5.41, 5.74) is 9.64. The highest BCUT2D eigenvalue weighted by Gasteiger charge is 2.33. The molecule has 0 aliphatic heterocycles. The SMILES string of the molecule is NC1(c2ccc(F)cc2)CCCc2ccccc21. The second kappa shape index (κ2) is 4.21. The highest BCUT2D eigenvalue weighted by molar-refractivity contribution is 5.44. The van der Waals surface area contributed by atoms with E-state index in [9.17, 15) is 4.39 Å². The first-order chi connectivity index (χ1) is 8.70. The van der Waals surface area contributed by atoms with Gasteiger partial charge in [-0.05, 0) is 48.1 Å². The zero-order valence-corrected chi connectivity index (χ0v) is 10.2. The molecule has 2 heteroatoms. The van der Waals surface area contributed by atoms with Crippen LogP contribution < -0.4 is 5.73 Å². The molecule has 2 aromatic rings. The van der Waals surface area contributed by atoms with Crippen molar-refractivity contribution in [2.75, 3.05) is 0 Å². The van der Waals surface area contributed by atoms with Crippen LogP contribution in [0.1, 0.15) is 29.5 Å². The van der Waals surface area contributed by atoms with Crippen molar-refractivity contribution in [3.8, 4) is 0 Å². The summed E-state index contributed by atoms with van der Waals surface area (Å²) in [7, 11) is 0. The fourth-order valence-corrected chi connectivity index (χ4v) is 2.91. The van der Waals surface area contributed by atoms with Crippen LogP contribution in [-0.2, 0) is 12.0 Å². The van der Waals surface area contributed by atoms with Gasteiger partial charge in [0.25, 0.3) is 0 Å². The minimum Gasteiger partial charge on any atom is -0.318 e. The highest BCUT2D eigenvalue weighted by Crippen LogP contribution is 2.38. The summed E-state index contributed by atoms with van der Waals surface area (Å²) in [5, 5.41) is 0. The summed E-state index contributed by atoms with van der Waals surface area (Å²) in [6.45, 7) is 0. The van der Waals surface area contributed by atoms with Crippen molar-refractivity contribution in [2.45, 2.75) is 24.8 Å². The molecule has 0 bridgehead atoms. The standard InChI is InChI=1S/C16H16FN/c17-14-9-7-13(8-10-14)16(18)11-3-5-12-4-1-2-6-15(12)16/h1-2,4,6-10H,3,5,11,18H2. The van der Waals surface area contributed by atoms with E-state index < -0.39 is 5.54 Å². The van der Waals surface area contributed by atoms with Crippen LogP contribution >= 0.6 is 0 Å². The smallest absolute Gasteiger partial charge is 0.123 e. The number of rotatable bonds is 1. The van der Waals surface area contributed by atoms with Gasteiger partial charge < -0.3 is 5.73 Å². The van der Waals surface area contributed by atoms with Crippen LogP contribution in [0.25, 0.3) is 0 Å². The first-order valence-electron chi connectivity index (χ1n) is 6.33. The molecule has 0 fully saturated rings. The van der Waals surface area contributed by atoms with E-state index in [1.165, 1.54) is 23.3 Å². The minimum absolute atomic E-state index is 0.216. The average Bonchev–Trinajstić information content (AvgIpc) is 2.40. The third kappa shape index (κ3) is 1.73. The molecule has 0 saturated heterocycles. The van der Waals surface area contributed by atoms with E-state index in [1.54, 1.807) is 12.1 Å². The predicted molar refractivity (Wildman–Crippen MR) is 70.7 cm³/mol. The molecule has 0 amide bonds. The van der Waals surface area contributed by atoms with Gasteiger partial charge in [-0.3, -0.25) is 0 Å². The average molecular weight is 241 g/mol. The fraction of sp³-hybridized carbons (Fsp3) is 0.250. The molecule has 92 valence electrons. The summed E-state index contributed by atoms with van der Waals surface area (Å²) < 4.78 is 13.0. The van der Waals surface area contributed by atoms with E-state index in [1.807, 2.05) is 6.07 Å². The van der Waals surface area contributed by atoms with Gasteiger partial charge in [0.2, 0.25) is 0 Å². The maximum atomic E-state index is 13.0. The number of hydrogen-bond donors (Lipinski definition) is 1. The van der Waals surface area contributed by atoms with Crippen LogP contribution in [0, 0.1) is 5.82 Å². The molecule has 0 heterocycles. The highest BCUT2D eigenvalue weighted by atomic mass is 19.1. The summed E-state index contributed by atoms with van der Waals surface area (Å²) in [5.74, 6) is -0.216. The molecular weight excluding hydrogens is 225 g/mol. The third-order valence-electron chi connectivity index (χ3n) is 3.87. The topological polar surface area (TPSA) is 26.0 Å². The molecule has 1 unspecified atom stereocenters. The summed E-state index contributed by atoms with van der Waals surface area (Å²) in [4.78, 5) is 0. The molecule has 18 heavy (non-hydrogen) atoms. The molecule has 1 aliphatic rings. The number of nitrogens with two attached hydrogens (primary N) is 1. The maximum absolute atomic E-state index is 13.0. The number of aryl methyl sites for hydroxylation is 1. The van der Waals surface area contributed by atoms with Gasteiger partial charge in [-0.25, -0.2) is 4.39 Å². The molecule has 0 saturated carbocycles. The lowest BCUT2D eigenvalue weighted by Gasteiger charge is -2.36. The summed E-state index contributed by atoms with van der Waals surface area (Å²) in [6, 6.07) is 14.9. The lowest BCUT2D eigenvalue weighted by atomic mass is 9.73. The van der Waals surface area contributed by atoms with Crippen molar-refractivity contribution in [3.63, 3.8) is 0 Å². The molecule has 0 aromatic heterocycles. The Balaban J connectivity index is 2.13. The van der Waals surface area contributed by atoms with Gasteiger partial charge >= 0.3 is 0 Å². The van der Waals surface area contributed by atoms with E-state index in [0.717, 1.165) is 24.8 Å². The van der Waals surface area contributed by atoms with Gasteiger partial charge in [0, 0.05) is 0 Å². The van der Waals surface area contributed by atoms with Crippen molar-refractivity contribution in [1.29, 1.82) is 0 Å². The molecule has 2 aromatic carbocycles. The molecule has 1 atom stereocenters. The molecule has 0 spiro atoms. The Kier molecular flexibility index (Phi) is 2.67. The van der Waals surface area contributed by atoms with Gasteiger partial charge in [0.15, 0.2) is 0 Å². The van der Waals surface area contributed by atoms with Crippen LogP contribution in [-0.4, -0.2) is 0 Å². The quantitative estimate of drug-likeness (QED) is 0.814. The van der Waals surface area contributed by atoms with Crippen molar-refractivity contribution in [1.82, 2.24) is 0 Å². The Morgan fingerprint density at radius 1 is 1.00 bits per heavy atom. The molecular formula is C16H16FN. The van der Waals surface area contributed by atoms with Crippen LogP contribution in [0.15, 0.2) is 48.5 Å². The van der Waals surface area contributed by atoms with Gasteiger partial charge in [0.05, 0.1) is 5.54 Å². The maximum Gasteiger partial charge on any atom is 0.123 e. The minimum atomic E-state index is -0.470. The van der Waals surface area contributed by atoms with Crippen molar-refractivity contribution >= 4 is 0 Å². The summed E-state index contributed by atoms with van der Waals surface area (Å²) in [6.07, 6.45) is 3.07. The van der Waals surface area contributed by atoms with Crippen molar-refractivity contribution in [2.24, 2.45) is 5.73 Å². The monoisotopic (exact) mass is 241 g/mol. The van der Waals surface area contributed by atoms with Gasteiger partial charge in [0.1, 0.15) is 5.82 Å². The first-order valence-corrected chi connectivity index (χ1v) is 6.33.